The second-order valence-electron chi connectivity index (χ2n) is 8.45. The fourth-order valence-electron chi connectivity index (χ4n) is 3.09. The van der Waals surface area contributed by atoms with E-state index < -0.39 is 36.6 Å². The molecule has 0 fully saturated rings. The Bertz CT molecular complexity index is 883. The first kappa shape index (κ1) is 26.2. The number of carbonyl (C=O) groups is 1. The molecule has 0 spiro atoms. The Labute approximate surface area is 194 Å². The number of carbonyl (C=O) groups excluding carboxylic acids is 1. The molecule has 9 heteroatoms. The van der Waals surface area contributed by atoms with Gasteiger partial charge in [-0.3, -0.25) is 0 Å². The molecule has 0 saturated heterocycles. The maximum Gasteiger partial charge on any atom is 0.408 e. The summed E-state index contributed by atoms with van der Waals surface area (Å²) in [5.74, 6) is 0. The normalized spacial score (nSPS) is 13.9. The third-order valence-electron chi connectivity index (χ3n) is 4.58. The number of nitrogens with one attached hydrogen (secondary N) is 1. The van der Waals surface area contributed by atoms with Crippen LogP contribution in [0.2, 0.25) is 0 Å². The number of hydrogen-bond acceptors (Lipinski definition) is 6. The van der Waals surface area contributed by atoms with Crippen molar-refractivity contribution in [1.29, 1.82) is 0 Å². The highest BCUT2D eigenvalue weighted by molar-refractivity contribution is 5.68. The van der Waals surface area contributed by atoms with E-state index in [0.29, 0.717) is 0 Å². The number of aliphatic hydroxyl groups excluding tert-OH is 1. The number of alkyl carbamates (subject to hydrolysis) is 1. The second kappa shape index (κ2) is 13.4. The van der Waals surface area contributed by atoms with Gasteiger partial charge in [0.05, 0.1) is 38.5 Å². The zero-order valence-corrected chi connectivity index (χ0v) is 19.3. The Morgan fingerprint density at radius 1 is 1.03 bits per heavy atom. The molecule has 33 heavy (non-hydrogen) atoms. The van der Waals surface area contributed by atoms with E-state index in [1.807, 2.05) is 60.7 Å². The van der Waals surface area contributed by atoms with Gasteiger partial charge in [0.25, 0.3) is 0 Å². The molecule has 178 valence electrons. The van der Waals surface area contributed by atoms with Crippen molar-refractivity contribution in [3.05, 3.63) is 82.2 Å². The van der Waals surface area contributed by atoms with Crippen LogP contribution in [-0.4, -0.2) is 48.2 Å². The Morgan fingerprint density at radius 3 is 2.06 bits per heavy atom. The molecule has 0 aliphatic rings. The van der Waals surface area contributed by atoms with Crippen LogP contribution in [0, 0.1) is 0 Å². The van der Waals surface area contributed by atoms with Crippen LogP contribution in [0.1, 0.15) is 31.9 Å². The van der Waals surface area contributed by atoms with Gasteiger partial charge in [-0.25, -0.2) is 4.79 Å². The molecule has 0 heterocycles. The van der Waals surface area contributed by atoms with E-state index in [2.05, 4.69) is 15.3 Å². The Balaban J connectivity index is 2.24. The summed E-state index contributed by atoms with van der Waals surface area (Å²) in [5, 5.41) is 16.4. The molecule has 2 aromatic carbocycles. The van der Waals surface area contributed by atoms with Crippen LogP contribution in [0.15, 0.2) is 65.8 Å². The molecule has 2 N–H and O–H groups in total. The maximum absolute atomic E-state index is 12.4. The van der Waals surface area contributed by atoms with Gasteiger partial charge in [-0.1, -0.05) is 65.8 Å². The molecular formula is C24H32N4O5. The lowest BCUT2D eigenvalue weighted by Crippen LogP contribution is -2.54. The Kier molecular flexibility index (Phi) is 10.7. The van der Waals surface area contributed by atoms with E-state index in [1.54, 1.807) is 20.8 Å². The van der Waals surface area contributed by atoms with Gasteiger partial charge in [0.2, 0.25) is 0 Å². The monoisotopic (exact) mass is 456 g/mol. The lowest BCUT2D eigenvalue weighted by atomic mass is 10.1. The summed E-state index contributed by atoms with van der Waals surface area (Å²) in [6.45, 7) is 5.21. The van der Waals surface area contributed by atoms with Crippen molar-refractivity contribution >= 4 is 6.09 Å². The molecule has 2 rings (SSSR count). The molecule has 0 unspecified atom stereocenters. The lowest BCUT2D eigenvalue weighted by molar-refractivity contribution is -0.101. The van der Waals surface area contributed by atoms with Gasteiger partial charge in [-0.2, -0.15) is 0 Å². The molecule has 1 amide bonds. The number of amides is 1. The minimum Gasteiger partial charge on any atom is -0.444 e. The number of aliphatic hydroxyl groups is 1. The van der Waals surface area contributed by atoms with Crippen molar-refractivity contribution < 1.29 is 24.1 Å². The number of rotatable bonds is 12. The molecule has 2 aromatic rings. The van der Waals surface area contributed by atoms with E-state index in [1.165, 1.54) is 0 Å². The summed E-state index contributed by atoms with van der Waals surface area (Å²) >= 11 is 0. The van der Waals surface area contributed by atoms with Gasteiger partial charge < -0.3 is 24.6 Å². The summed E-state index contributed by atoms with van der Waals surface area (Å²) in [7, 11) is 0. The van der Waals surface area contributed by atoms with Crippen molar-refractivity contribution in [3.63, 3.8) is 0 Å². The minimum absolute atomic E-state index is 0.0463. The molecule has 0 radical (unpaired) electrons. The number of benzene rings is 2. The third kappa shape index (κ3) is 9.93. The first-order valence-corrected chi connectivity index (χ1v) is 10.7. The zero-order chi connectivity index (χ0) is 24.1. The standard InChI is InChI=1S/C24H32N4O5/c1-24(2,3)33-23(30)27-20(15-29)22(32-17-19-12-8-5-9-13-19)21(14-26-28-25)31-16-18-10-6-4-7-11-18/h4-13,20-22,29H,14-17H2,1-3H3,(H,27,30)/t20-,21+,22+/m0/s1. The quantitative estimate of drug-likeness (QED) is 0.279. The number of nitrogens with zero attached hydrogens (tertiary/aromatic N) is 3. The van der Waals surface area contributed by atoms with Crippen LogP contribution < -0.4 is 5.32 Å². The van der Waals surface area contributed by atoms with E-state index in [4.69, 9.17) is 19.7 Å². The maximum atomic E-state index is 12.4. The average molecular weight is 457 g/mol. The van der Waals surface area contributed by atoms with Crippen LogP contribution in [0.5, 0.6) is 0 Å². The highest BCUT2D eigenvalue weighted by Crippen LogP contribution is 2.17. The average Bonchev–Trinajstić information content (AvgIpc) is 2.79. The van der Waals surface area contributed by atoms with Crippen LogP contribution in [-0.2, 0) is 27.4 Å². The molecular weight excluding hydrogens is 424 g/mol. The second-order valence-corrected chi connectivity index (χ2v) is 8.45. The van der Waals surface area contributed by atoms with Crippen molar-refractivity contribution in [3.8, 4) is 0 Å². The molecule has 3 atom stereocenters. The van der Waals surface area contributed by atoms with Crippen molar-refractivity contribution in [2.75, 3.05) is 13.2 Å². The highest BCUT2D eigenvalue weighted by atomic mass is 16.6. The predicted molar refractivity (Wildman–Crippen MR) is 124 cm³/mol. The van der Waals surface area contributed by atoms with Crippen molar-refractivity contribution in [2.24, 2.45) is 5.11 Å². The first-order valence-electron chi connectivity index (χ1n) is 10.7. The predicted octanol–water partition coefficient (Wildman–Crippen LogP) is 4.35. The van der Waals surface area contributed by atoms with Gasteiger partial charge in [0.1, 0.15) is 11.7 Å². The van der Waals surface area contributed by atoms with Crippen molar-refractivity contribution in [2.45, 2.75) is 57.8 Å². The molecule has 0 bridgehead atoms. The van der Waals surface area contributed by atoms with Gasteiger partial charge in [0.15, 0.2) is 0 Å². The number of hydrogen-bond donors (Lipinski definition) is 2. The molecule has 0 aliphatic heterocycles. The van der Waals surface area contributed by atoms with E-state index in [-0.39, 0.29) is 19.8 Å². The lowest BCUT2D eigenvalue weighted by Gasteiger charge is -2.33. The molecule has 9 nitrogen and oxygen atoms in total. The minimum atomic E-state index is -0.863. The summed E-state index contributed by atoms with van der Waals surface area (Å²) in [6.07, 6.45) is -2.26. The van der Waals surface area contributed by atoms with Crippen molar-refractivity contribution in [1.82, 2.24) is 5.32 Å². The van der Waals surface area contributed by atoms with Crippen LogP contribution in [0.4, 0.5) is 4.79 Å². The molecule has 0 aliphatic carbocycles. The Morgan fingerprint density at radius 2 is 1.58 bits per heavy atom. The third-order valence-corrected chi connectivity index (χ3v) is 4.58. The summed E-state index contributed by atoms with van der Waals surface area (Å²) in [5.41, 5.74) is 10.00. The SMILES string of the molecule is CC(C)(C)OC(=O)N[C@@H](CO)[C@@H](OCc1ccccc1)[C@@H](CN=[N+]=[N-])OCc1ccccc1. The molecule has 0 aromatic heterocycles. The first-order chi connectivity index (χ1) is 15.8. The Hall–Kier alpha value is -3.10. The van der Waals surface area contributed by atoms with Gasteiger partial charge in [-0.05, 0) is 37.4 Å². The topological polar surface area (TPSA) is 126 Å². The number of ether oxygens (including phenoxy) is 3. The zero-order valence-electron chi connectivity index (χ0n) is 19.3. The smallest absolute Gasteiger partial charge is 0.408 e. The number of azide groups is 1. The molecule has 0 saturated carbocycles. The van der Waals surface area contributed by atoms with E-state index in [9.17, 15) is 9.90 Å². The van der Waals surface area contributed by atoms with Gasteiger partial charge in [0, 0.05) is 4.91 Å². The summed E-state index contributed by atoms with van der Waals surface area (Å²) in [4.78, 5) is 15.2. The summed E-state index contributed by atoms with van der Waals surface area (Å²) < 4.78 is 17.5. The van der Waals surface area contributed by atoms with E-state index in [0.717, 1.165) is 11.1 Å². The largest absolute Gasteiger partial charge is 0.444 e. The highest BCUT2D eigenvalue weighted by Gasteiger charge is 2.33. The van der Waals surface area contributed by atoms with E-state index >= 15 is 0 Å². The van der Waals surface area contributed by atoms with Gasteiger partial charge >= 0.3 is 6.09 Å². The van der Waals surface area contributed by atoms with Crippen LogP contribution in [0.25, 0.3) is 10.4 Å². The van der Waals surface area contributed by atoms with Crippen LogP contribution >= 0.6 is 0 Å². The fraction of sp³-hybridized carbons (Fsp3) is 0.458. The van der Waals surface area contributed by atoms with Gasteiger partial charge in [-0.15, -0.1) is 0 Å². The summed E-state index contributed by atoms with van der Waals surface area (Å²) in [6, 6.07) is 18.1. The fourth-order valence-corrected chi connectivity index (χ4v) is 3.09. The van der Waals surface area contributed by atoms with Crippen LogP contribution in [0.3, 0.4) is 0 Å².